The summed E-state index contributed by atoms with van der Waals surface area (Å²) in [6.07, 6.45) is 1.84. The molecule has 1 saturated heterocycles. The van der Waals surface area contributed by atoms with Crippen LogP contribution in [0.15, 0.2) is 36.5 Å². The minimum absolute atomic E-state index is 0.0149. The first-order valence-corrected chi connectivity index (χ1v) is 8.96. The first-order chi connectivity index (χ1) is 12.5. The number of piperazine rings is 1. The Bertz CT molecular complexity index is 969. The smallest absolute Gasteiger partial charge is 0.274 e. The van der Waals surface area contributed by atoms with Crippen LogP contribution in [0.2, 0.25) is 0 Å². The van der Waals surface area contributed by atoms with E-state index in [9.17, 15) is 4.79 Å². The highest BCUT2D eigenvalue weighted by molar-refractivity contribution is 5.92. The summed E-state index contributed by atoms with van der Waals surface area (Å²) in [6, 6.07) is 10.0. The summed E-state index contributed by atoms with van der Waals surface area (Å²) in [5.41, 5.74) is 6.01. The highest BCUT2D eigenvalue weighted by atomic mass is 16.2. The molecule has 2 aromatic heterocycles. The van der Waals surface area contributed by atoms with Gasteiger partial charge in [-0.15, -0.1) is 0 Å². The predicted octanol–water partition coefficient (Wildman–Crippen LogP) is 2.62. The Morgan fingerprint density at radius 1 is 1.00 bits per heavy atom. The second-order valence-corrected chi connectivity index (χ2v) is 6.90. The van der Waals surface area contributed by atoms with Gasteiger partial charge in [-0.2, -0.15) is 5.10 Å². The third-order valence-corrected chi connectivity index (χ3v) is 5.14. The standard InChI is InChI=1S/C20H23N5O/c1-14-5-4-6-18(16(14)3)23-9-11-24(12-10-23)20(26)17-7-8-19-21-15(2)13-25(19)22-17/h4-8,13H,9-12H2,1-3H3. The van der Waals surface area contributed by atoms with E-state index in [0.717, 1.165) is 24.4 Å². The van der Waals surface area contributed by atoms with Crippen molar-refractivity contribution in [2.45, 2.75) is 20.8 Å². The van der Waals surface area contributed by atoms with Gasteiger partial charge in [0, 0.05) is 31.9 Å². The third kappa shape index (κ3) is 2.92. The predicted molar refractivity (Wildman–Crippen MR) is 102 cm³/mol. The Morgan fingerprint density at radius 3 is 2.54 bits per heavy atom. The van der Waals surface area contributed by atoms with E-state index < -0.39 is 0 Å². The molecule has 0 radical (unpaired) electrons. The van der Waals surface area contributed by atoms with Crippen LogP contribution in [0.25, 0.3) is 5.65 Å². The summed E-state index contributed by atoms with van der Waals surface area (Å²) >= 11 is 0. The number of rotatable bonds is 2. The van der Waals surface area contributed by atoms with Crippen LogP contribution in [0.3, 0.4) is 0 Å². The molecule has 0 spiro atoms. The number of benzene rings is 1. The lowest BCUT2D eigenvalue weighted by Crippen LogP contribution is -2.49. The number of fused-ring (bicyclic) bond motifs is 1. The second kappa shape index (κ2) is 6.44. The fourth-order valence-corrected chi connectivity index (χ4v) is 3.51. The van der Waals surface area contributed by atoms with Crippen LogP contribution in [0.1, 0.15) is 27.3 Å². The number of imidazole rings is 1. The summed E-state index contributed by atoms with van der Waals surface area (Å²) in [4.78, 5) is 21.4. The van der Waals surface area contributed by atoms with Crippen molar-refractivity contribution in [3.63, 3.8) is 0 Å². The fraction of sp³-hybridized carbons (Fsp3) is 0.350. The van der Waals surface area contributed by atoms with Gasteiger partial charge in [0.25, 0.3) is 5.91 Å². The second-order valence-electron chi connectivity index (χ2n) is 6.90. The Kier molecular flexibility index (Phi) is 4.11. The molecule has 6 nitrogen and oxygen atoms in total. The van der Waals surface area contributed by atoms with E-state index in [1.807, 2.05) is 24.1 Å². The molecule has 1 aromatic carbocycles. The van der Waals surface area contributed by atoms with Crippen molar-refractivity contribution in [1.82, 2.24) is 19.5 Å². The largest absolute Gasteiger partial charge is 0.368 e. The van der Waals surface area contributed by atoms with E-state index in [1.165, 1.54) is 16.8 Å². The van der Waals surface area contributed by atoms with Gasteiger partial charge in [-0.25, -0.2) is 9.50 Å². The molecule has 0 aliphatic carbocycles. The summed E-state index contributed by atoms with van der Waals surface area (Å²) in [6.45, 7) is 9.30. The third-order valence-electron chi connectivity index (χ3n) is 5.14. The topological polar surface area (TPSA) is 53.7 Å². The maximum absolute atomic E-state index is 12.8. The number of amides is 1. The zero-order valence-electron chi connectivity index (χ0n) is 15.4. The first-order valence-electron chi connectivity index (χ1n) is 8.96. The highest BCUT2D eigenvalue weighted by Crippen LogP contribution is 2.24. The van der Waals surface area contributed by atoms with E-state index in [4.69, 9.17) is 0 Å². The average molecular weight is 349 g/mol. The Morgan fingerprint density at radius 2 is 1.77 bits per heavy atom. The van der Waals surface area contributed by atoms with Crippen LogP contribution >= 0.6 is 0 Å². The molecule has 0 bridgehead atoms. The van der Waals surface area contributed by atoms with Crippen molar-refractivity contribution in [3.05, 3.63) is 59.0 Å². The lowest BCUT2D eigenvalue weighted by molar-refractivity contribution is 0.0739. The average Bonchev–Trinajstić information content (AvgIpc) is 3.03. The number of aromatic nitrogens is 3. The van der Waals surface area contributed by atoms with Crippen LogP contribution in [-0.2, 0) is 0 Å². The van der Waals surface area contributed by atoms with Crippen molar-refractivity contribution < 1.29 is 4.79 Å². The zero-order valence-corrected chi connectivity index (χ0v) is 15.4. The SMILES string of the molecule is Cc1cn2nc(C(=O)N3CCN(c4cccc(C)c4C)CC3)ccc2n1. The number of nitrogens with zero attached hydrogens (tertiary/aromatic N) is 5. The molecule has 4 rings (SSSR count). The van der Waals surface area contributed by atoms with Crippen LogP contribution in [-0.4, -0.2) is 51.6 Å². The van der Waals surface area contributed by atoms with Crippen LogP contribution in [0.4, 0.5) is 5.69 Å². The number of hydrogen-bond donors (Lipinski definition) is 0. The highest BCUT2D eigenvalue weighted by Gasteiger charge is 2.24. The lowest BCUT2D eigenvalue weighted by atomic mass is 10.1. The Labute approximate surface area is 153 Å². The monoisotopic (exact) mass is 349 g/mol. The maximum atomic E-state index is 12.8. The van der Waals surface area contributed by atoms with Crippen molar-refractivity contribution >= 4 is 17.2 Å². The minimum Gasteiger partial charge on any atom is -0.368 e. The quantitative estimate of drug-likeness (QED) is 0.714. The van der Waals surface area contributed by atoms with Gasteiger partial charge in [0.15, 0.2) is 5.65 Å². The van der Waals surface area contributed by atoms with Gasteiger partial charge in [-0.3, -0.25) is 4.79 Å². The van der Waals surface area contributed by atoms with Crippen LogP contribution < -0.4 is 4.90 Å². The van der Waals surface area contributed by atoms with Gasteiger partial charge in [-0.05, 0) is 50.1 Å². The minimum atomic E-state index is -0.0149. The molecule has 1 fully saturated rings. The summed E-state index contributed by atoms with van der Waals surface area (Å²) in [5, 5.41) is 4.42. The number of carbonyl (C=O) groups is 1. The lowest BCUT2D eigenvalue weighted by Gasteiger charge is -2.36. The van der Waals surface area contributed by atoms with Gasteiger partial charge in [0.2, 0.25) is 0 Å². The molecule has 26 heavy (non-hydrogen) atoms. The zero-order chi connectivity index (χ0) is 18.3. The van der Waals surface area contributed by atoms with E-state index in [2.05, 4.69) is 47.0 Å². The first kappa shape index (κ1) is 16.6. The molecule has 3 aromatic rings. The summed E-state index contributed by atoms with van der Waals surface area (Å²) in [7, 11) is 0. The van der Waals surface area contributed by atoms with Gasteiger partial charge in [0.05, 0.1) is 11.9 Å². The molecule has 134 valence electrons. The van der Waals surface area contributed by atoms with E-state index in [0.29, 0.717) is 18.8 Å². The van der Waals surface area contributed by atoms with Gasteiger partial charge >= 0.3 is 0 Å². The molecule has 1 aliphatic rings. The normalized spacial score (nSPS) is 14.9. The summed E-state index contributed by atoms with van der Waals surface area (Å²) < 4.78 is 1.68. The van der Waals surface area contributed by atoms with Crippen LogP contribution in [0.5, 0.6) is 0 Å². The van der Waals surface area contributed by atoms with Crippen molar-refractivity contribution in [2.24, 2.45) is 0 Å². The van der Waals surface area contributed by atoms with Crippen LogP contribution in [0, 0.1) is 20.8 Å². The molecule has 1 aliphatic heterocycles. The Balaban J connectivity index is 1.48. The molecule has 6 heteroatoms. The number of hydrogen-bond acceptors (Lipinski definition) is 4. The maximum Gasteiger partial charge on any atom is 0.274 e. The molecular formula is C20H23N5O. The number of carbonyl (C=O) groups excluding carboxylic acids is 1. The van der Waals surface area contributed by atoms with Crippen molar-refractivity contribution in [1.29, 1.82) is 0 Å². The molecule has 0 atom stereocenters. The fourth-order valence-electron chi connectivity index (χ4n) is 3.51. The Hall–Kier alpha value is -2.89. The molecule has 0 saturated carbocycles. The van der Waals surface area contributed by atoms with Gasteiger partial charge in [0.1, 0.15) is 5.69 Å². The summed E-state index contributed by atoms with van der Waals surface area (Å²) in [5.74, 6) is -0.0149. The molecule has 1 amide bonds. The van der Waals surface area contributed by atoms with E-state index in [1.54, 1.807) is 10.6 Å². The van der Waals surface area contributed by atoms with Crippen molar-refractivity contribution in [3.8, 4) is 0 Å². The van der Waals surface area contributed by atoms with E-state index >= 15 is 0 Å². The van der Waals surface area contributed by atoms with Gasteiger partial charge in [-0.1, -0.05) is 12.1 Å². The number of anilines is 1. The molecule has 0 N–H and O–H groups in total. The molecule has 3 heterocycles. The molecular weight excluding hydrogens is 326 g/mol. The van der Waals surface area contributed by atoms with Crippen molar-refractivity contribution in [2.75, 3.05) is 31.1 Å². The van der Waals surface area contributed by atoms with E-state index in [-0.39, 0.29) is 5.91 Å². The molecule has 0 unspecified atom stereocenters. The number of aryl methyl sites for hydroxylation is 2. The van der Waals surface area contributed by atoms with Gasteiger partial charge < -0.3 is 9.80 Å².